The fraction of sp³-hybridized carbons (Fsp3) is 0.208. The first-order valence-electron chi connectivity index (χ1n) is 10.1. The van der Waals surface area contributed by atoms with Crippen LogP contribution in [0.1, 0.15) is 29.9 Å². The molecule has 0 radical (unpaired) electrons. The lowest BCUT2D eigenvalue weighted by Gasteiger charge is -2.12. The number of allylic oxidation sites excluding steroid dienone is 1. The topological polar surface area (TPSA) is 82.4 Å². The van der Waals surface area contributed by atoms with Gasteiger partial charge in [0.2, 0.25) is 5.78 Å². The van der Waals surface area contributed by atoms with Crippen molar-refractivity contribution in [2.75, 3.05) is 18.5 Å². The van der Waals surface area contributed by atoms with Gasteiger partial charge in [-0.1, -0.05) is 30.3 Å². The SMILES string of the molecule is CCOc1cc(/C=C/C(=O)c2ccnn2CC)ccc1OCC(=O)Nc1ccccc1. The predicted octanol–water partition coefficient (Wildman–Crippen LogP) is 4.22. The van der Waals surface area contributed by atoms with Gasteiger partial charge in [-0.3, -0.25) is 14.3 Å². The van der Waals surface area contributed by atoms with Crippen molar-refractivity contribution >= 4 is 23.5 Å². The lowest BCUT2D eigenvalue weighted by atomic mass is 10.1. The average Bonchev–Trinajstić information content (AvgIpc) is 3.27. The van der Waals surface area contributed by atoms with Crippen molar-refractivity contribution in [3.63, 3.8) is 0 Å². The summed E-state index contributed by atoms with van der Waals surface area (Å²) in [6.45, 7) is 4.71. The Balaban J connectivity index is 1.66. The molecule has 7 nitrogen and oxygen atoms in total. The first-order chi connectivity index (χ1) is 15.1. The van der Waals surface area contributed by atoms with Crippen molar-refractivity contribution in [2.45, 2.75) is 20.4 Å². The van der Waals surface area contributed by atoms with Gasteiger partial charge in [0.15, 0.2) is 18.1 Å². The van der Waals surface area contributed by atoms with Crippen molar-refractivity contribution in [2.24, 2.45) is 0 Å². The van der Waals surface area contributed by atoms with E-state index in [1.54, 1.807) is 53.4 Å². The molecule has 0 saturated carbocycles. The minimum absolute atomic E-state index is 0.129. The van der Waals surface area contributed by atoms with Gasteiger partial charge in [-0.05, 0) is 55.8 Å². The smallest absolute Gasteiger partial charge is 0.262 e. The fourth-order valence-electron chi connectivity index (χ4n) is 2.93. The molecule has 31 heavy (non-hydrogen) atoms. The molecule has 0 spiro atoms. The summed E-state index contributed by atoms with van der Waals surface area (Å²) < 4.78 is 13.0. The number of hydrogen-bond donors (Lipinski definition) is 1. The van der Waals surface area contributed by atoms with Gasteiger partial charge in [0.25, 0.3) is 5.91 Å². The van der Waals surface area contributed by atoms with Crippen LogP contribution in [0.3, 0.4) is 0 Å². The Morgan fingerprint density at radius 1 is 1.03 bits per heavy atom. The number of amides is 1. The van der Waals surface area contributed by atoms with Crippen molar-refractivity contribution in [3.05, 3.63) is 78.1 Å². The van der Waals surface area contributed by atoms with Crippen LogP contribution >= 0.6 is 0 Å². The second-order valence-electron chi connectivity index (χ2n) is 6.57. The molecule has 0 fully saturated rings. The van der Waals surface area contributed by atoms with Crippen LogP contribution in [0.25, 0.3) is 6.08 Å². The van der Waals surface area contributed by atoms with E-state index >= 15 is 0 Å². The van der Waals surface area contributed by atoms with Crippen LogP contribution in [0.15, 0.2) is 66.9 Å². The number of nitrogens with one attached hydrogen (secondary N) is 1. The molecule has 1 amide bonds. The number of hydrogen-bond acceptors (Lipinski definition) is 5. The number of nitrogens with zero attached hydrogens (tertiary/aromatic N) is 2. The molecule has 0 bridgehead atoms. The van der Waals surface area contributed by atoms with Gasteiger partial charge < -0.3 is 14.8 Å². The monoisotopic (exact) mass is 419 g/mol. The summed E-state index contributed by atoms with van der Waals surface area (Å²) in [5.41, 5.74) is 2.02. The van der Waals surface area contributed by atoms with E-state index in [-0.39, 0.29) is 18.3 Å². The van der Waals surface area contributed by atoms with E-state index in [2.05, 4.69) is 10.4 Å². The van der Waals surface area contributed by atoms with E-state index in [1.165, 1.54) is 6.08 Å². The molecule has 0 aliphatic rings. The summed E-state index contributed by atoms with van der Waals surface area (Å²) in [5, 5.41) is 6.88. The third-order valence-electron chi connectivity index (χ3n) is 4.38. The summed E-state index contributed by atoms with van der Waals surface area (Å²) in [4.78, 5) is 24.5. The van der Waals surface area contributed by atoms with Crippen LogP contribution in [-0.4, -0.2) is 34.7 Å². The van der Waals surface area contributed by atoms with E-state index in [4.69, 9.17) is 9.47 Å². The maximum Gasteiger partial charge on any atom is 0.262 e. The molecule has 1 N–H and O–H groups in total. The number of carbonyl (C=O) groups excluding carboxylic acids is 2. The second-order valence-corrected chi connectivity index (χ2v) is 6.57. The molecule has 7 heteroatoms. The summed E-state index contributed by atoms with van der Waals surface area (Å²) in [7, 11) is 0. The van der Waals surface area contributed by atoms with Crippen LogP contribution in [0.4, 0.5) is 5.69 Å². The van der Waals surface area contributed by atoms with E-state index in [0.29, 0.717) is 36.0 Å². The van der Waals surface area contributed by atoms with Crippen molar-refractivity contribution < 1.29 is 19.1 Å². The summed E-state index contributed by atoms with van der Waals surface area (Å²) in [6.07, 6.45) is 4.82. The van der Waals surface area contributed by atoms with Gasteiger partial charge in [0, 0.05) is 18.4 Å². The Hall–Kier alpha value is -3.87. The number of anilines is 1. The normalized spacial score (nSPS) is 10.8. The van der Waals surface area contributed by atoms with E-state index in [9.17, 15) is 9.59 Å². The summed E-state index contributed by atoms with van der Waals surface area (Å²) in [6, 6.07) is 16.2. The van der Waals surface area contributed by atoms with Crippen molar-refractivity contribution in [3.8, 4) is 11.5 Å². The lowest BCUT2D eigenvalue weighted by Crippen LogP contribution is -2.20. The number of ketones is 1. The first-order valence-corrected chi connectivity index (χ1v) is 10.1. The van der Waals surface area contributed by atoms with Gasteiger partial charge in [-0.15, -0.1) is 0 Å². The highest BCUT2D eigenvalue weighted by Gasteiger charge is 2.10. The third-order valence-corrected chi connectivity index (χ3v) is 4.38. The van der Waals surface area contributed by atoms with Crippen LogP contribution < -0.4 is 14.8 Å². The Labute approximate surface area is 181 Å². The molecular formula is C24H25N3O4. The average molecular weight is 419 g/mol. The maximum atomic E-state index is 12.4. The number of rotatable bonds is 10. The summed E-state index contributed by atoms with van der Waals surface area (Å²) >= 11 is 0. The number of carbonyl (C=O) groups is 2. The van der Waals surface area contributed by atoms with Crippen molar-refractivity contribution in [1.29, 1.82) is 0 Å². The highest BCUT2D eigenvalue weighted by Crippen LogP contribution is 2.29. The lowest BCUT2D eigenvalue weighted by molar-refractivity contribution is -0.118. The minimum Gasteiger partial charge on any atom is -0.490 e. The molecule has 0 aliphatic carbocycles. The molecule has 3 aromatic rings. The molecule has 160 valence electrons. The standard InChI is InChI=1S/C24H25N3O4/c1-3-27-20(14-15-25-27)21(28)12-10-18-11-13-22(23(16-18)30-4-2)31-17-24(29)26-19-8-6-5-7-9-19/h5-16H,3-4,17H2,1-2H3,(H,26,29)/b12-10+. The zero-order chi connectivity index (χ0) is 22.1. The molecule has 0 atom stereocenters. The highest BCUT2D eigenvalue weighted by molar-refractivity contribution is 6.05. The molecule has 1 heterocycles. The zero-order valence-corrected chi connectivity index (χ0v) is 17.6. The Bertz CT molecular complexity index is 1060. The second kappa shape index (κ2) is 10.8. The molecule has 1 aromatic heterocycles. The summed E-state index contributed by atoms with van der Waals surface area (Å²) in [5.74, 6) is 0.562. The van der Waals surface area contributed by atoms with Gasteiger partial charge in [0.1, 0.15) is 5.69 Å². The highest BCUT2D eigenvalue weighted by atomic mass is 16.5. The number of aryl methyl sites for hydroxylation is 1. The Morgan fingerprint density at radius 3 is 2.58 bits per heavy atom. The maximum absolute atomic E-state index is 12.4. The third kappa shape index (κ3) is 6.05. The van der Waals surface area contributed by atoms with E-state index < -0.39 is 0 Å². The minimum atomic E-state index is -0.268. The van der Waals surface area contributed by atoms with Gasteiger partial charge >= 0.3 is 0 Å². The predicted molar refractivity (Wildman–Crippen MR) is 119 cm³/mol. The van der Waals surface area contributed by atoms with Gasteiger partial charge in [-0.2, -0.15) is 5.10 Å². The fourth-order valence-corrected chi connectivity index (χ4v) is 2.93. The Morgan fingerprint density at radius 2 is 1.84 bits per heavy atom. The van der Waals surface area contributed by atoms with Gasteiger partial charge in [0.05, 0.1) is 6.61 Å². The number of para-hydroxylation sites is 1. The quantitative estimate of drug-likeness (QED) is 0.393. The first kappa shape index (κ1) is 21.8. The molecule has 2 aromatic carbocycles. The molecule has 0 aliphatic heterocycles. The van der Waals surface area contributed by atoms with Gasteiger partial charge in [-0.25, -0.2) is 0 Å². The zero-order valence-electron chi connectivity index (χ0n) is 17.6. The molecule has 0 unspecified atom stereocenters. The number of benzene rings is 2. The van der Waals surface area contributed by atoms with Crippen LogP contribution in [0, 0.1) is 0 Å². The molecule has 3 rings (SSSR count). The molecule has 0 saturated heterocycles. The van der Waals surface area contributed by atoms with Crippen molar-refractivity contribution in [1.82, 2.24) is 9.78 Å². The number of aromatic nitrogens is 2. The Kier molecular flexibility index (Phi) is 7.59. The van der Waals surface area contributed by atoms with Crippen LogP contribution in [-0.2, 0) is 11.3 Å². The number of ether oxygens (including phenoxy) is 2. The van der Waals surface area contributed by atoms with Crippen LogP contribution in [0.5, 0.6) is 11.5 Å². The van der Waals surface area contributed by atoms with Crippen LogP contribution in [0.2, 0.25) is 0 Å². The van der Waals surface area contributed by atoms with E-state index in [1.807, 2.05) is 32.0 Å². The largest absolute Gasteiger partial charge is 0.490 e. The van der Waals surface area contributed by atoms with E-state index in [0.717, 1.165) is 5.56 Å². The molecular weight excluding hydrogens is 394 g/mol.